The van der Waals surface area contributed by atoms with Gasteiger partial charge in [-0.1, -0.05) is 27.7 Å². The predicted molar refractivity (Wildman–Crippen MR) is 103 cm³/mol. The first-order valence-electron chi connectivity index (χ1n) is 8.40. The van der Waals surface area contributed by atoms with Crippen molar-refractivity contribution in [2.45, 2.75) is 71.8 Å². The van der Waals surface area contributed by atoms with Gasteiger partial charge in [-0.2, -0.15) is 4.31 Å². The average molecular weight is 384 g/mol. The summed E-state index contributed by atoms with van der Waals surface area (Å²) in [6.45, 7) is 14.4. The van der Waals surface area contributed by atoms with Gasteiger partial charge in [0, 0.05) is 28.9 Å². The van der Waals surface area contributed by atoms with Crippen molar-refractivity contribution in [2.24, 2.45) is 11.3 Å². The van der Waals surface area contributed by atoms with Gasteiger partial charge in [-0.25, -0.2) is 8.42 Å². The van der Waals surface area contributed by atoms with Crippen molar-refractivity contribution in [1.29, 1.82) is 0 Å². The zero-order valence-electron chi connectivity index (χ0n) is 17.0. The molecule has 0 aliphatic carbocycles. The SMILES string of the molecule is CC(C)C(C)OCC(N(C)S(C)(=O)=O)C(C)(C)CC(C)(C)[S@](C)=O. The zero-order valence-corrected chi connectivity index (χ0v) is 18.7. The van der Waals surface area contributed by atoms with E-state index < -0.39 is 25.6 Å². The van der Waals surface area contributed by atoms with E-state index in [-0.39, 0.29) is 17.6 Å². The third-order valence-corrected chi connectivity index (χ3v) is 7.98. The second-order valence-electron chi connectivity index (χ2n) is 8.46. The smallest absolute Gasteiger partial charge is 0.211 e. The second-order valence-corrected chi connectivity index (χ2v) is 12.5. The lowest BCUT2D eigenvalue weighted by molar-refractivity contribution is -0.0172. The van der Waals surface area contributed by atoms with Crippen LogP contribution in [0.4, 0.5) is 0 Å². The first kappa shape index (κ1) is 24.0. The van der Waals surface area contributed by atoms with Gasteiger partial charge >= 0.3 is 0 Å². The highest BCUT2D eigenvalue weighted by molar-refractivity contribution is 7.88. The minimum Gasteiger partial charge on any atom is -0.377 e. The molecule has 0 aromatic rings. The van der Waals surface area contributed by atoms with Crippen LogP contribution in [0.15, 0.2) is 0 Å². The molecule has 24 heavy (non-hydrogen) atoms. The van der Waals surface area contributed by atoms with E-state index in [4.69, 9.17) is 4.74 Å². The molecule has 0 aromatic heterocycles. The number of hydrogen-bond donors (Lipinski definition) is 0. The summed E-state index contributed by atoms with van der Waals surface area (Å²) in [7, 11) is -2.76. The first-order valence-corrected chi connectivity index (χ1v) is 11.8. The molecule has 0 N–H and O–H groups in total. The van der Waals surface area contributed by atoms with Crippen molar-refractivity contribution in [2.75, 3.05) is 26.2 Å². The molecule has 0 heterocycles. The van der Waals surface area contributed by atoms with Crippen LogP contribution < -0.4 is 0 Å². The minimum absolute atomic E-state index is 0.0459. The molecule has 0 radical (unpaired) electrons. The summed E-state index contributed by atoms with van der Waals surface area (Å²) in [4.78, 5) is 0. The summed E-state index contributed by atoms with van der Waals surface area (Å²) in [5.74, 6) is 0.358. The number of rotatable bonds is 10. The lowest BCUT2D eigenvalue weighted by atomic mass is 9.77. The Bertz CT molecular complexity index is 527. The fourth-order valence-electron chi connectivity index (χ4n) is 2.81. The maximum absolute atomic E-state index is 12.1. The monoisotopic (exact) mass is 383 g/mol. The van der Waals surface area contributed by atoms with Crippen LogP contribution >= 0.6 is 0 Å². The molecule has 0 amide bonds. The van der Waals surface area contributed by atoms with Crippen LogP contribution in [0, 0.1) is 11.3 Å². The van der Waals surface area contributed by atoms with E-state index in [1.807, 2.05) is 34.6 Å². The van der Waals surface area contributed by atoms with Crippen LogP contribution in [0.3, 0.4) is 0 Å². The molecule has 7 heteroatoms. The van der Waals surface area contributed by atoms with E-state index in [1.54, 1.807) is 13.3 Å². The van der Waals surface area contributed by atoms with Crippen LogP contribution in [0.2, 0.25) is 0 Å². The Labute approximate surface area is 152 Å². The number of hydrogen-bond acceptors (Lipinski definition) is 4. The van der Waals surface area contributed by atoms with Crippen LogP contribution in [-0.2, 0) is 25.6 Å². The second kappa shape index (κ2) is 8.60. The van der Waals surface area contributed by atoms with Gasteiger partial charge in [-0.15, -0.1) is 0 Å². The first-order chi connectivity index (χ1) is 10.5. The zero-order chi connectivity index (χ0) is 19.5. The highest BCUT2D eigenvalue weighted by Gasteiger charge is 2.41. The number of likely N-dealkylation sites (N-methyl/N-ethyl adjacent to an activating group) is 1. The molecule has 0 rings (SSSR count). The van der Waals surface area contributed by atoms with E-state index in [9.17, 15) is 12.6 Å². The van der Waals surface area contributed by atoms with Crippen LogP contribution in [0.5, 0.6) is 0 Å². The molecule has 0 spiro atoms. The number of sulfonamides is 1. The van der Waals surface area contributed by atoms with Crippen molar-refractivity contribution < 1.29 is 17.4 Å². The molecule has 0 saturated carbocycles. The Kier molecular flexibility index (Phi) is 8.61. The van der Waals surface area contributed by atoms with E-state index in [2.05, 4.69) is 13.8 Å². The topological polar surface area (TPSA) is 63.7 Å². The normalized spacial score (nSPS) is 18.0. The fraction of sp³-hybridized carbons (Fsp3) is 1.00. The molecular weight excluding hydrogens is 346 g/mol. The average Bonchev–Trinajstić information content (AvgIpc) is 2.35. The van der Waals surface area contributed by atoms with Gasteiger partial charge in [0.15, 0.2) is 0 Å². The molecule has 0 aliphatic heterocycles. The van der Waals surface area contributed by atoms with Crippen molar-refractivity contribution >= 4 is 20.8 Å². The van der Waals surface area contributed by atoms with Crippen molar-refractivity contribution in [1.82, 2.24) is 4.31 Å². The molecule has 3 atom stereocenters. The summed E-state index contributed by atoms with van der Waals surface area (Å²) in [6, 6.07) is -0.323. The molecule has 0 saturated heterocycles. The van der Waals surface area contributed by atoms with Gasteiger partial charge in [0.25, 0.3) is 0 Å². The van der Waals surface area contributed by atoms with Gasteiger partial charge in [0.1, 0.15) is 0 Å². The molecule has 146 valence electrons. The molecule has 0 bridgehead atoms. The van der Waals surface area contributed by atoms with Gasteiger partial charge < -0.3 is 4.74 Å². The van der Waals surface area contributed by atoms with E-state index >= 15 is 0 Å². The maximum atomic E-state index is 12.1. The Morgan fingerprint density at radius 1 is 1.12 bits per heavy atom. The predicted octanol–water partition coefficient (Wildman–Crippen LogP) is 2.88. The molecule has 0 aromatic carbocycles. The molecule has 2 unspecified atom stereocenters. The van der Waals surface area contributed by atoms with Gasteiger partial charge in [-0.3, -0.25) is 4.21 Å². The summed E-state index contributed by atoms with van der Waals surface area (Å²) in [6.07, 6.45) is 3.59. The highest BCUT2D eigenvalue weighted by atomic mass is 32.2. The standard InChI is InChI=1S/C17H37NO4S2/c1-13(2)14(3)22-11-15(18(8)24(10,20)21)16(4,5)12-17(6,7)23(9)19/h13-15H,11-12H2,1-10H3/t14?,15?,23-/m0/s1. The van der Waals surface area contributed by atoms with Crippen molar-refractivity contribution in [3.05, 3.63) is 0 Å². The van der Waals surface area contributed by atoms with Crippen molar-refractivity contribution in [3.8, 4) is 0 Å². The number of ether oxygens (including phenoxy) is 1. The quantitative estimate of drug-likeness (QED) is 0.582. The van der Waals surface area contributed by atoms with Gasteiger partial charge in [0.2, 0.25) is 10.0 Å². The lowest BCUT2D eigenvalue weighted by Gasteiger charge is -2.43. The van der Waals surface area contributed by atoms with E-state index in [0.717, 1.165) is 0 Å². The van der Waals surface area contributed by atoms with Crippen LogP contribution in [0.1, 0.15) is 54.9 Å². The minimum atomic E-state index is -3.35. The van der Waals surface area contributed by atoms with Crippen molar-refractivity contribution in [3.63, 3.8) is 0 Å². The highest BCUT2D eigenvalue weighted by Crippen LogP contribution is 2.37. The third-order valence-electron chi connectivity index (χ3n) is 4.98. The van der Waals surface area contributed by atoms with Gasteiger partial charge in [0.05, 0.1) is 25.0 Å². The Balaban J connectivity index is 5.55. The molecular formula is C17H37NO4S2. The van der Waals surface area contributed by atoms with Gasteiger partial charge in [-0.05, 0) is 38.5 Å². The Morgan fingerprint density at radius 3 is 1.92 bits per heavy atom. The molecule has 0 aliphatic rings. The summed E-state index contributed by atoms with van der Waals surface area (Å²) < 4.78 is 43.2. The van der Waals surface area contributed by atoms with Crippen LogP contribution in [0.25, 0.3) is 0 Å². The molecule has 5 nitrogen and oxygen atoms in total. The Hall–Kier alpha value is 0.0200. The fourth-order valence-corrected chi connectivity index (χ4v) is 4.19. The summed E-state index contributed by atoms with van der Waals surface area (Å²) in [5.41, 5.74) is -0.385. The summed E-state index contributed by atoms with van der Waals surface area (Å²) in [5, 5.41) is 0. The van der Waals surface area contributed by atoms with E-state index in [1.165, 1.54) is 10.6 Å². The number of nitrogens with zero attached hydrogens (tertiary/aromatic N) is 1. The Morgan fingerprint density at radius 2 is 1.58 bits per heavy atom. The van der Waals surface area contributed by atoms with Crippen LogP contribution in [-0.4, -0.2) is 60.0 Å². The summed E-state index contributed by atoms with van der Waals surface area (Å²) >= 11 is 0. The molecule has 0 fully saturated rings. The maximum Gasteiger partial charge on any atom is 0.211 e. The largest absolute Gasteiger partial charge is 0.377 e. The lowest BCUT2D eigenvalue weighted by Crippen LogP contribution is -2.51. The van der Waals surface area contributed by atoms with E-state index in [0.29, 0.717) is 18.9 Å². The third kappa shape index (κ3) is 7.10.